The van der Waals surface area contributed by atoms with E-state index in [2.05, 4.69) is 94.1 Å². The van der Waals surface area contributed by atoms with Crippen LogP contribution in [0.4, 0.5) is 0 Å². The topological polar surface area (TPSA) is 9.23 Å². The van der Waals surface area contributed by atoms with Gasteiger partial charge in [0.2, 0.25) is 0 Å². The molecule has 0 radical (unpaired) electrons. The molecule has 2 rings (SSSR count). The molecule has 0 atom stereocenters. The van der Waals surface area contributed by atoms with E-state index in [9.17, 15) is 0 Å². The van der Waals surface area contributed by atoms with Gasteiger partial charge in [0.05, 0.1) is 0 Å². The number of rotatable bonds is 6. The molecule has 0 aliphatic carbocycles. The Balaban J connectivity index is 0.00000264. The van der Waals surface area contributed by atoms with Crippen LogP contribution in [-0.2, 0) is 4.43 Å². The van der Waals surface area contributed by atoms with Gasteiger partial charge < -0.3 is 10.5 Å². The smallest absolute Gasteiger partial charge is 0.502 e. The van der Waals surface area contributed by atoms with E-state index in [-0.39, 0.29) is 23.9 Å². The second kappa shape index (κ2) is 8.71. The third-order valence-corrected chi connectivity index (χ3v) is 9.06. The second-order valence-corrected chi connectivity index (χ2v) is 10.8. The quantitative estimate of drug-likeness (QED) is 0.438. The molecule has 0 saturated carbocycles. The van der Waals surface area contributed by atoms with Crippen LogP contribution in [0.1, 0.15) is 27.2 Å². The zero-order valence-electron chi connectivity index (χ0n) is 14.8. The molecule has 116 valence electrons. The van der Waals surface area contributed by atoms with Crippen LogP contribution in [0.3, 0.4) is 0 Å². The average Bonchev–Trinajstić information content (AvgIpc) is 2.52. The van der Waals surface area contributed by atoms with Crippen LogP contribution < -0.4 is 29.2 Å². The molecule has 0 aliphatic heterocycles. The Hall–Kier alpha value is -1.05. The molecule has 0 N–H and O–H groups in total. The second-order valence-electron chi connectivity index (χ2n) is 6.51. The predicted molar refractivity (Wildman–Crippen MR) is 97.1 cm³/mol. The Kier molecular flexibility index (Phi) is 7.57. The number of benzene rings is 2. The summed E-state index contributed by atoms with van der Waals surface area (Å²) in [6, 6.07) is 21.4. The van der Waals surface area contributed by atoms with E-state index in [1.54, 1.807) is 0 Å². The molecule has 0 spiro atoms. The Morgan fingerprint density at radius 1 is 0.913 bits per heavy atom. The minimum absolute atomic E-state index is 0. The van der Waals surface area contributed by atoms with Gasteiger partial charge in [-0.3, -0.25) is 6.58 Å². The van der Waals surface area contributed by atoms with E-state index < -0.39 is 8.32 Å². The number of hydrogen-bond acceptors (Lipinski definition) is 1. The third kappa shape index (κ3) is 4.28. The van der Waals surface area contributed by atoms with Crippen LogP contribution in [-0.4, -0.2) is 14.9 Å². The summed E-state index contributed by atoms with van der Waals surface area (Å²) in [5, 5.41) is 2.67. The first-order valence-corrected chi connectivity index (χ1v) is 9.68. The van der Waals surface area contributed by atoms with Gasteiger partial charge in [-0.25, -0.2) is 0 Å². The zero-order valence-corrected chi connectivity index (χ0v) is 15.8. The molecule has 3 heteroatoms. The van der Waals surface area contributed by atoms with Gasteiger partial charge >= 0.3 is 18.9 Å². The molecule has 0 aliphatic rings. The van der Waals surface area contributed by atoms with Crippen LogP contribution in [0, 0.1) is 6.08 Å². The van der Waals surface area contributed by atoms with Crippen LogP contribution >= 0.6 is 0 Å². The van der Waals surface area contributed by atoms with E-state index in [0.29, 0.717) is 6.61 Å². The molecule has 0 bridgehead atoms. The number of hydrogen-bond donors (Lipinski definition) is 0. The molecule has 2 aromatic carbocycles. The monoisotopic (exact) mass is 316 g/mol. The van der Waals surface area contributed by atoms with Gasteiger partial charge in [-0.1, -0.05) is 81.4 Å². The zero-order chi connectivity index (χ0) is 16.1. The van der Waals surface area contributed by atoms with Crippen molar-refractivity contribution in [2.45, 2.75) is 32.2 Å². The summed E-state index contributed by atoms with van der Waals surface area (Å²) in [6.45, 7) is 11.2. The van der Waals surface area contributed by atoms with Crippen molar-refractivity contribution in [3.63, 3.8) is 0 Å². The van der Waals surface area contributed by atoms with Crippen molar-refractivity contribution in [3.8, 4) is 0 Å². The minimum Gasteiger partial charge on any atom is -0.502 e. The maximum atomic E-state index is 6.64. The first-order chi connectivity index (χ1) is 10.5. The van der Waals surface area contributed by atoms with Crippen LogP contribution in [0.15, 0.2) is 67.2 Å². The fraction of sp³-hybridized carbons (Fsp3) is 0.300. The Labute approximate surface area is 154 Å². The molecule has 0 unspecified atom stereocenters. The van der Waals surface area contributed by atoms with Crippen LogP contribution in [0.5, 0.6) is 0 Å². The molecule has 23 heavy (non-hydrogen) atoms. The summed E-state index contributed by atoms with van der Waals surface area (Å²) in [7, 11) is -2.35. The maximum absolute atomic E-state index is 6.64. The summed E-state index contributed by atoms with van der Waals surface area (Å²) >= 11 is 0. The van der Waals surface area contributed by atoms with Crippen molar-refractivity contribution in [3.05, 3.63) is 73.3 Å². The van der Waals surface area contributed by atoms with Gasteiger partial charge in [0, 0.05) is 6.61 Å². The third-order valence-electron chi connectivity index (χ3n) is 4.01. The van der Waals surface area contributed by atoms with Gasteiger partial charge in [0.15, 0.2) is 0 Å². The molecule has 1 nitrogen and oxygen atoms in total. The first-order valence-electron chi connectivity index (χ1n) is 7.77. The minimum atomic E-state index is -2.35. The standard InChI is InChI=1S/C20H25OSi.Li/c1-5-6-17-21-22(20(2,3)4,18-13-9-7-10-14-18)19-15-11-8-12-16-19;/h7-16H,1,6,17H2,2-4H3;/q-1;+1. The largest absolute Gasteiger partial charge is 1.00 e. The fourth-order valence-electron chi connectivity index (χ4n) is 3.04. The van der Waals surface area contributed by atoms with Gasteiger partial charge in [-0.15, -0.1) is 0 Å². The van der Waals surface area contributed by atoms with Crippen molar-refractivity contribution >= 4 is 18.7 Å². The summed E-state index contributed by atoms with van der Waals surface area (Å²) < 4.78 is 6.64. The molecular formula is C20H25LiOSi. The van der Waals surface area contributed by atoms with Crippen molar-refractivity contribution in [1.82, 2.24) is 0 Å². The molecular weight excluding hydrogens is 291 g/mol. The first kappa shape index (κ1) is 20.0. The normalized spacial score (nSPS) is 11.6. The van der Waals surface area contributed by atoms with E-state index >= 15 is 0 Å². The summed E-state index contributed by atoms with van der Waals surface area (Å²) in [4.78, 5) is 0. The van der Waals surface area contributed by atoms with Gasteiger partial charge in [-0.05, 0) is 15.4 Å². The van der Waals surface area contributed by atoms with Crippen molar-refractivity contribution in [1.29, 1.82) is 0 Å². The fourth-order valence-corrected chi connectivity index (χ4v) is 7.60. The van der Waals surface area contributed by atoms with Gasteiger partial charge in [0.25, 0.3) is 8.32 Å². The molecule has 0 aromatic heterocycles. The summed E-state index contributed by atoms with van der Waals surface area (Å²) in [5.74, 6) is 0. The Morgan fingerprint density at radius 2 is 1.35 bits per heavy atom. The molecule has 0 amide bonds. The van der Waals surface area contributed by atoms with Crippen LogP contribution in [0.2, 0.25) is 5.04 Å². The molecule has 0 heterocycles. The van der Waals surface area contributed by atoms with E-state index in [1.807, 2.05) is 0 Å². The summed E-state index contributed by atoms with van der Waals surface area (Å²) in [5.41, 5.74) is 0. The van der Waals surface area contributed by atoms with Crippen molar-refractivity contribution < 1.29 is 23.3 Å². The van der Waals surface area contributed by atoms with Crippen LogP contribution in [0.25, 0.3) is 0 Å². The van der Waals surface area contributed by atoms with Gasteiger partial charge in [0.1, 0.15) is 0 Å². The predicted octanol–water partition coefficient (Wildman–Crippen LogP) is 0.946. The SMILES string of the molecule is C=[C-]CCO[Si](c1ccccc1)(c1ccccc1)C(C)(C)C.[Li+]. The van der Waals surface area contributed by atoms with Crippen molar-refractivity contribution in [2.75, 3.05) is 6.61 Å². The maximum Gasteiger partial charge on any atom is 1.00 e. The summed E-state index contributed by atoms with van der Waals surface area (Å²) in [6.07, 6.45) is 3.70. The molecule has 0 saturated heterocycles. The Bertz CT molecular complexity index is 551. The van der Waals surface area contributed by atoms with E-state index in [1.165, 1.54) is 10.4 Å². The van der Waals surface area contributed by atoms with Gasteiger partial charge in [-0.2, -0.15) is 6.42 Å². The Morgan fingerprint density at radius 3 is 1.70 bits per heavy atom. The molecule has 0 fully saturated rings. The average molecular weight is 316 g/mol. The van der Waals surface area contributed by atoms with Crippen molar-refractivity contribution in [2.24, 2.45) is 0 Å². The molecule has 2 aromatic rings. The van der Waals surface area contributed by atoms with E-state index in [0.717, 1.165) is 6.42 Å². The van der Waals surface area contributed by atoms with E-state index in [4.69, 9.17) is 4.43 Å².